The maximum absolute atomic E-state index is 11.0. The van der Waals surface area contributed by atoms with Gasteiger partial charge in [0.25, 0.3) is 0 Å². The molecular weight excluding hydrogens is 168 g/mol. The lowest BCUT2D eigenvalue weighted by atomic mass is 10.1. The van der Waals surface area contributed by atoms with E-state index < -0.39 is 5.97 Å². The van der Waals surface area contributed by atoms with E-state index in [1.54, 1.807) is 0 Å². The van der Waals surface area contributed by atoms with Crippen LogP contribution in [0, 0.1) is 0 Å². The number of carbonyl (C=O) groups is 2. The first-order chi connectivity index (χ1) is 6.16. The molecule has 0 saturated carbocycles. The Labute approximate surface area is 78.5 Å². The molecule has 0 saturated heterocycles. The van der Waals surface area contributed by atoms with E-state index in [0.717, 1.165) is 12.8 Å². The summed E-state index contributed by atoms with van der Waals surface area (Å²) in [6.45, 7) is 2.03. The van der Waals surface area contributed by atoms with Crippen molar-refractivity contribution >= 4 is 11.8 Å². The number of ketones is 1. The number of carboxylic acids is 1. The summed E-state index contributed by atoms with van der Waals surface area (Å²) in [4.78, 5) is 21.1. The number of hydrogen-bond donors (Lipinski definition) is 1. The van der Waals surface area contributed by atoms with Crippen LogP contribution in [0.1, 0.15) is 39.0 Å². The van der Waals surface area contributed by atoms with E-state index in [1.165, 1.54) is 0 Å². The number of rotatable bonds is 7. The summed E-state index contributed by atoms with van der Waals surface area (Å²) in [7, 11) is 0. The molecule has 0 aliphatic carbocycles. The van der Waals surface area contributed by atoms with Gasteiger partial charge in [-0.15, -0.1) is 0 Å². The number of aliphatic carboxylic acids is 1. The highest BCUT2D eigenvalue weighted by atomic mass is 16.4. The fourth-order valence-electron chi connectivity index (χ4n) is 0.900. The van der Waals surface area contributed by atoms with Crippen LogP contribution in [0.25, 0.3) is 0 Å². The summed E-state index contributed by atoms with van der Waals surface area (Å²) < 4.78 is 0. The van der Waals surface area contributed by atoms with Crippen LogP contribution in [0.2, 0.25) is 0 Å². The van der Waals surface area contributed by atoms with Crippen molar-refractivity contribution in [2.45, 2.75) is 39.0 Å². The third-order valence-corrected chi connectivity index (χ3v) is 1.61. The van der Waals surface area contributed by atoms with Crippen LogP contribution in [-0.2, 0) is 9.59 Å². The average Bonchev–Trinajstić information content (AvgIpc) is 2.09. The molecule has 3 heteroatoms. The van der Waals surface area contributed by atoms with Crippen LogP contribution in [-0.4, -0.2) is 16.9 Å². The van der Waals surface area contributed by atoms with Crippen molar-refractivity contribution in [2.24, 2.45) is 0 Å². The highest BCUT2D eigenvalue weighted by Crippen LogP contribution is 2.00. The Morgan fingerprint density at radius 3 is 2.38 bits per heavy atom. The minimum Gasteiger partial charge on any atom is -0.481 e. The van der Waals surface area contributed by atoms with Crippen LogP contribution in [0.5, 0.6) is 0 Å². The van der Waals surface area contributed by atoms with Crippen molar-refractivity contribution in [1.82, 2.24) is 0 Å². The third-order valence-electron chi connectivity index (χ3n) is 1.61. The summed E-state index contributed by atoms with van der Waals surface area (Å²) in [5.74, 6) is -0.874. The van der Waals surface area contributed by atoms with Crippen molar-refractivity contribution in [3.05, 3.63) is 12.2 Å². The molecule has 3 nitrogen and oxygen atoms in total. The molecule has 0 aromatic rings. The molecule has 13 heavy (non-hydrogen) atoms. The Balaban J connectivity index is 3.41. The number of carbonyl (C=O) groups excluding carboxylic acids is 1. The van der Waals surface area contributed by atoms with Gasteiger partial charge in [0.05, 0.1) is 6.42 Å². The second-order valence-corrected chi connectivity index (χ2v) is 2.85. The molecule has 0 atom stereocenters. The molecule has 0 heterocycles. The molecule has 0 unspecified atom stereocenters. The lowest BCUT2D eigenvalue weighted by molar-refractivity contribution is -0.138. The van der Waals surface area contributed by atoms with Gasteiger partial charge in [0.15, 0.2) is 0 Å². The van der Waals surface area contributed by atoms with Crippen molar-refractivity contribution < 1.29 is 14.7 Å². The minimum atomic E-state index is -0.905. The highest BCUT2D eigenvalue weighted by Gasteiger charge is 2.03. The number of allylic oxidation sites excluding steroid dienone is 2. The first-order valence-corrected chi connectivity index (χ1v) is 4.55. The second kappa shape index (κ2) is 7.53. The van der Waals surface area contributed by atoms with Gasteiger partial charge >= 0.3 is 5.97 Å². The Kier molecular flexibility index (Phi) is 6.88. The molecule has 74 valence electrons. The topological polar surface area (TPSA) is 54.4 Å². The summed E-state index contributed by atoms with van der Waals surface area (Å²) in [5, 5.41) is 8.31. The standard InChI is InChI=1S/C10H16O3/c1-2-3-4-5-6-9(11)7-8-10(12)13/h3-4H,2,5-8H2,1H3,(H,12,13)/b4-3-. The summed E-state index contributed by atoms with van der Waals surface area (Å²) in [5.41, 5.74) is 0. The zero-order chi connectivity index (χ0) is 10.1. The molecule has 0 spiro atoms. The predicted molar refractivity (Wildman–Crippen MR) is 50.5 cm³/mol. The van der Waals surface area contributed by atoms with Crippen molar-refractivity contribution in [2.75, 3.05) is 0 Å². The highest BCUT2D eigenvalue weighted by molar-refractivity contribution is 5.82. The van der Waals surface area contributed by atoms with Gasteiger partial charge in [-0.3, -0.25) is 9.59 Å². The monoisotopic (exact) mass is 184 g/mol. The van der Waals surface area contributed by atoms with E-state index in [0.29, 0.717) is 6.42 Å². The van der Waals surface area contributed by atoms with Crippen molar-refractivity contribution in [3.63, 3.8) is 0 Å². The molecule has 0 fully saturated rings. The van der Waals surface area contributed by atoms with Gasteiger partial charge in [-0.1, -0.05) is 19.1 Å². The first kappa shape index (κ1) is 11.9. The maximum atomic E-state index is 11.0. The molecule has 0 amide bonds. The zero-order valence-electron chi connectivity index (χ0n) is 7.95. The van der Waals surface area contributed by atoms with E-state index in [-0.39, 0.29) is 18.6 Å². The number of Topliss-reactive ketones (excluding diaryl/α,β-unsaturated/α-hetero) is 1. The van der Waals surface area contributed by atoms with E-state index in [9.17, 15) is 9.59 Å². The quantitative estimate of drug-likeness (QED) is 0.617. The van der Waals surface area contributed by atoms with Gasteiger partial charge in [0, 0.05) is 12.8 Å². The van der Waals surface area contributed by atoms with Crippen LogP contribution in [0.4, 0.5) is 0 Å². The van der Waals surface area contributed by atoms with Gasteiger partial charge in [0.2, 0.25) is 0 Å². The fourth-order valence-corrected chi connectivity index (χ4v) is 0.900. The van der Waals surface area contributed by atoms with E-state index in [2.05, 4.69) is 0 Å². The van der Waals surface area contributed by atoms with Gasteiger partial charge in [0.1, 0.15) is 5.78 Å². The van der Waals surface area contributed by atoms with Gasteiger partial charge < -0.3 is 5.11 Å². The van der Waals surface area contributed by atoms with Crippen LogP contribution in [0.15, 0.2) is 12.2 Å². The van der Waals surface area contributed by atoms with Gasteiger partial charge in [-0.05, 0) is 12.8 Å². The van der Waals surface area contributed by atoms with Crippen LogP contribution >= 0.6 is 0 Å². The maximum Gasteiger partial charge on any atom is 0.303 e. The lowest BCUT2D eigenvalue weighted by Gasteiger charge is -1.94. The summed E-state index contributed by atoms with van der Waals surface area (Å²) >= 11 is 0. The van der Waals surface area contributed by atoms with Gasteiger partial charge in [-0.2, -0.15) is 0 Å². The largest absolute Gasteiger partial charge is 0.481 e. The Hall–Kier alpha value is -1.12. The summed E-state index contributed by atoms with van der Waals surface area (Å²) in [6, 6.07) is 0. The molecule has 0 rings (SSSR count). The average molecular weight is 184 g/mol. The number of hydrogen-bond acceptors (Lipinski definition) is 2. The molecule has 0 aliphatic rings. The number of carboxylic acid groups (broad SMARTS) is 1. The Morgan fingerprint density at radius 1 is 1.15 bits per heavy atom. The Bertz CT molecular complexity index is 194. The molecule has 0 aromatic heterocycles. The molecule has 0 radical (unpaired) electrons. The van der Waals surface area contributed by atoms with E-state index >= 15 is 0 Å². The lowest BCUT2D eigenvalue weighted by Crippen LogP contribution is -2.02. The van der Waals surface area contributed by atoms with Crippen molar-refractivity contribution in [3.8, 4) is 0 Å². The molecule has 0 aliphatic heterocycles. The summed E-state index contributed by atoms with van der Waals surface area (Å²) in [6.07, 6.45) is 6.24. The molecular formula is C10H16O3. The predicted octanol–water partition coefficient (Wildman–Crippen LogP) is 2.17. The van der Waals surface area contributed by atoms with E-state index in [1.807, 2.05) is 19.1 Å². The SMILES string of the molecule is CC/C=C\CCC(=O)CCC(=O)O. The Morgan fingerprint density at radius 2 is 1.85 bits per heavy atom. The molecule has 0 aromatic carbocycles. The second-order valence-electron chi connectivity index (χ2n) is 2.85. The van der Waals surface area contributed by atoms with E-state index in [4.69, 9.17) is 5.11 Å². The molecule has 1 N–H and O–H groups in total. The van der Waals surface area contributed by atoms with Gasteiger partial charge in [-0.25, -0.2) is 0 Å². The van der Waals surface area contributed by atoms with Crippen molar-refractivity contribution in [1.29, 1.82) is 0 Å². The first-order valence-electron chi connectivity index (χ1n) is 4.55. The third kappa shape index (κ3) is 8.79. The normalized spacial score (nSPS) is 10.5. The fraction of sp³-hybridized carbons (Fsp3) is 0.600. The van der Waals surface area contributed by atoms with Crippen LogP contribution in [0.3, 0.4) is 0 Å². The zero-order valence-corrected chi connectivity index (χ0v) is 7.95. The molecule has 0 bridgehead atoms. The minimum absolute atomic E-state index is 0.0307. The smallest absolute Gasteiger partial charge is 0.303 e. The van der Waals surface area contributed by atoms with Crippen LogP contribution < -0.4 is 0 Å².